The number of aromatic nitrogens is 2. The van der Waals surface area contributed by atoms with Gasteiger partial charge in [-0.1, -0.05) is 5.16 Å². The zero-order valence-electron chi connectivity index (χ0n) is 19.4. The lowest BCUT2D eigenvalue weighted by Gasteiger charge is -2.49. The van der Waals surface area contributed by atoms with Gasteiger partial charge < -0.3 is 21.0 Å². The Kier molecular flexibility index (Phi) is 7.04. The summed E-state index contributed by atoms with van der Waals surface area (Å²) in [6.07, 6.45) is 3.90. The van der Waals surface area contributed by atoms with Gasteiger partial charge in [0.05, 0.1) is 6.04 Å². The van der Waals surface area contributed by atoms with E-state index in [1.54, 1.807) is 5.38 Å². The molecule has 5 heterocycles. The molecule has 3 aromatic rings. The highest BCUT2D eigenvalue weighted by Crippen LogP contribution is 2.41. The highest BCUT2D eigenvalue weighted by molar-refractivity contribution is 8.06. The first-order valence-corrected chi connectivity index (χ1v) is 13.8. The second kappa shape index (κ2) is 10.4. The number of nitrogens with two attached hydrogens (primary N) is 1. The van der Waals surface area contributed by atoms with Gasteiger partial charge in [0, 0.05) is 51.0 Å². The first kappa shape index (κ1) is 25.0. The van der Waals surface area contributed by atoms with Crippen LogP contribution in [0.4, 0.5) is 5.13 Å². The molecule has 0 radical (unpaired) electrons. The maximum absolute atomic E-state index is 13.0. The van der Waals surface area contributed by atoms with E-state index in [0.29, 0.717) is 16.4 Å². The molecule has 0 saturated carbocycles. The number of nitrogen functional groups attached to an aromatic ring is 1. The van der Waals surface area contributed by atoms with Crippen LogP contribution in [0, 0.1) is 0 Å². The van der Waals surface area contributed by atoms with Crippen LogP contribution in [0.15, 0.2) is 68.8 Å². The largest absolute Gasteiger partial charge is 0.477 e. The maximum Gasteiger partial charge on any atom is 0.353 e. The molecule has 2 amide bonds. The fraction of sp³-hybridized carbons (Fsp3) is 0.217. The average molecular weight is 558 g/mol. The number of pyridine rings is 2. The third-order valence-electron chi connectivity index (χ3n) is 5.79. The number of nitrogens with zero attached hydrogens (tertiary/aromatic N) is 4. The first-order chi connectivity index (χ1) is 17.9. The highest BCUT2D eigenvalue weighted by Gasteiger charge is 2.54. The molecule has 4 N–H and O–H groups in total. The topological polar surface area (TPSA) is 151 Å². The number of fused-ring (bicyclic) bond motifs is 2. The Morgan fingerprint density at radius 2 is 2.22 bits per heavy atom. The van der Waals surface area contributed by atoms with Crippen LogP contribution in [-0.4, -0.2) is 69.2 Å². The zero-order chi connectivity index (χ0) is 26.1. The lowest BCUT2D eigenvalue weighted by Crippen LogP contribution is -2.73. The van der Waals surface area contributed by atoms with Crippen LogP contribution in [0.3, 0.4) is 0 Å². The molecule has 11 nitrogen and oxygen atoms in total. The summed E-state index contributed by atoms with van der Waals surface area (Å²) in [5.41, 5.74) is 6.73. The Balaban J connectivity index is 1.31. The third-order valence-corrected chi connectivity index (χ3v) is 8.86. The Morgan fingerprint density at radius 1 is 1.38 bits per heavy atom. The molecule has 37 heavy (non-hydrogen) atoms. The fourth-order valence-corrected chi connectivity index (χ4v) is 6.98. The molecule has 0 aliphatic carbocycles. The number of carbonyl (C=O) groups excluding carboxylic acids is 2. The quantitative estimate of drug-likeness (QED) is 0.123. The van der Waals surface area contributed by atoms with E-state index in [1.165, 1.54) is 35.5 Å². The minimum absolute atomic E-state index is 0.0440. The van der Waals surface area contributed by atoms with Crippen molar-refractivity contribution in [2.75, 3.05) is 24.3 Å². The van der Waals surface area contributed by atoms with Gasteiger partial charge in [0.1, 0.15) is 24.5 Å². The molecule has 3 aromatic heterocycles. The molecule has 14 heteroatoms. The number of β-lactam (4-membered cyclic amide) rings is 1. The number of hydrogen-bond donors (Lipinski definition) is 3. The van der Waals surface area contributed by atoms with Crippen molar-refractivity contribution in [3.05, 3.63) is 64.4 Å². The minimum Gasteiger partial charge on any atom is -0.477 e. The van der Waals surface area contributed by atoms with Crippen molar-refractivity contribution >= 4 is 69.0 Å². The second-order valence-corrected chi connectivity index (χ2v) is 11.0. The summed E-state index contributed by atoms with van der Waals surface area (Å²) in [4.78, 5) is 49.8. The van der Waals surface area contributed by atoms with Gasteiger partial charge in [-0.15, -0.1) is 34.9 Å². The van der Waals surface area contributed by atoms with Crippen molar-refractivity contribution in [3.8, 4) is 0 Å². The number of aliphatic carboxylic acids is 1. The third kappa shape index (κ3) is 4.86. The number of amides is 2. The number of oxime groups is 1. The lowest BCUT2D eigenvalue weighted by molar-refractivity contribution is -0.512. The molecule has 0 unspecified atom stereocenters. The number of carboxylic acids is 1. The van der Waals surface area contributed by atoms with Crippen molar-refractivity contribution in [2.45, 2.75) is 17.0 Å². The Hall–Kier alpha value is -3.62. The predicted molar refractivity (Wildman–Crippen MR) is 140 cm³/mol. The van der Waals surface area contributed by atoms with Crippen LogP contribution < -0.4 is 15.5 Å². The van der Waals surface area contributed by atoms with E-state index in [-0.39, 0.29) is 22.2 Å². The van der Waals surface area contributed by atoms with Gasteiger partial charge in [-0.2, -0.15) is 4.40 Å². The Bertz CT molecular complexity index is 1470. The molecule has 1 fully saturated rings. The van der Waals surface area contributed by atoms with Gasteiger partial charge in [-0.25, -0.2) is 9.78 Å². The van der Waals surface area contributed by atoms with Crippen LogP contribution in [0.1, 0.15) is 5.69 Å². The molecule has 190 valence electrons. The van der Waals surface area contributed by atoms with Crippen LogP contribution in [0.25, 0.3) is 5.52 Å². The molecule has 0 aromatic carbocycles. The Labute approximate surface area is 223 Å². The monoisotopic (exact) mass is 557 g/mol. The fourth-order valence-electron chi connectivity index (χ4n) is 4.09. The molecule has 2 aliphatic rings. The number of thiazole rings is 1. The van der Waals surface area contributed by atoms with Gasteiger partial charge in [0.25, 0.3) is 11.8 Å². The molecule has 0 bridgehead atoms. The van der Waals surface area contributed by atoms with Crippen LogP contribution in [-0.2, 0) is 19.2 Å². The SMILES string of the molecule is CON=C(C(=O)N[C@@H]1C(=O)N2C(C(=O)O)=C(CSc3cc[n+]4ccccc4c3)SC[C@H]12)c1csc(N)n1. The van der Waals surface area contributed by atoms with Crippen molar-refractivity contribution in [3.63, 3.8) is 0 Å². The summed E-state index contributed by atoms with van der Waals surface area (Å²) in [5, 5.41) is 18.1. The van der Waals surface area contributed by atoms with Gasteiger partial charge in [0.15, 0.2) is 23.2 Å². The average Bonchev–Trinajstić information content (AvgIpc) is 3.33. The van der Waals surface area contributed by atoms with Gasteiger partial charge in [0.2, 0.25) is 5.52 Å². The van der Waals surface area contributed by atoms with Crippen LogP contribution >= 0.6 is 34.9 Å². The number of thioether (sulfide) groups is 2. The van der Waals surface area contributed by atoms with Gasteiger partial charge in [-0.05, 0) is 6.07 Å². The van der Waals surface area contributed by atoms with E-state index in [4.69, 9.17) is 10.6 Å². The van der Waals surface area contributed by atoms with E-state index < -0.39 is 29.9 Å². The van der Waals surface area contributed by atoms with Gasteiger partial charge >= 0.3 is 5.97 Å². The molecular weight excluding hydrogens is 536 g/mol. The Morgan fingerprint density at radius 3 is 2.95 bits per heavy atom. The summed E-state index contributed by atoms with van der Waals surface area (Å²) in [6.45, 7) is 0. The zero-order valence-corrected chi connectivity index (χ0v) is 21.8. The molecule has 2 atom stereocenters. The lowest BCUT2D eigenvalue weighted by atomic mass is 9.94. The maximum atomic E-state index is 13.0. The van der Waals surface area contributed by atoms with E-state index in [1.807, 2.05) is 47.1 Å². The number of carboxylic acid groups (broad SMARTS) is 1. The minimum atomic E-state index is -1.18. The number of hydrogen-bond acceptors (Lipinski definition) is 10. The number of nitrogens with one attached hydrogen (secondary N) is 1. The van der Waals surface area contributed by atoms with Crippen molar-refractivity contribution in [2.24, 2.45) is 5.16 Å². The van der Waals surface area contributed by atoms with E-state index in [9.17, 15) is 19.5 Å². The molecule has 2 aliphatic heterocycles. The summed E-state index contributed by atoms with van der Waals surface area (Å²) in [7, 11) is 1.29. The van der Waals surface area contributed by atoms with E-state index in [0.717, 1.165) is 21.7 Å². The molecular formula is C23H21N6O5S3+. The highest BCUT2D eigenvalue weighted by atomic mass is 32.2. The number of anilines is 1. The van der Waals surface area contributed by atoms with Crippen molar-refractivity contribution in [1.82, 2.24) is 15.2 Å². The summed E-state index contributed by atoms with van der Waals surface area (Å²) in [6, 6.07) is 8.49. The smallest absolute Gasteiger partial charge is 0.353 e. The molecule has 0 spiro atoms. The van der Waals surface area contributed by atoms with Gasteiger partial charge in [-0.3, -0.25) is 14.5 Å². The standard InChI is InChI=1S/C23H20N6O5S3/c1-34-27-17(14-9-37-23(24)25-14)20(30)26-18-15-10-36-16(19(22(32)33)29(15)21(18)31)11-35-13-5-7-28-6-3-2-4-12(28)8-13/h2-9,15,18H,10-11H2,1H3,(H3-,24,25,26,30,32,33)/p+1/t15-,18+/m1/s1. The van der Waals surface area contributed by atoms with Crippen molar-refractivity contribution < 1.29 is 28.7 Å². The van der Waals surface area contributed by atoms with E-state index >= 15 is 0 Å². The number of carbonyl (C=O) groups is 3. The normalized spacial score (nSPS) is 19.4. The van der Waals surface area contributed by atoms with Crippen LogP contribution in [0.5, 0.6) is 0 Å². The molecule has 5 rings (SSSR count). The van der Waals surface area contributed by atoms with Crippen LogP contribution in [0.2, 0.25) is 0 Å². The molecule has 1 saturated heterocycles. The number of rotatable bonds is 8. The summed E-state index contributed by atoms with van der Waals surface area (Å²) >= 11 is 4.02. The van der Waals surface area contributed by atoms with E-state index in [2.05, 4.69) is 15.5 Å². The first-order valence-electron chi connectivity index (χ1n) is 11.0. The predicted octanol–water partition coefficient (Wildman–Crippen LogP) is 1.35. The second-order valence-electron chi connectivity index (χ2n) is 7.99. The van der Waals surface area contributed by atoms with Crippen molar-refractivity contribution in [1.29, 1.82) is 0 Å². The summed E-state index contributed by atoms with van der Waals surface area (Å²) in [5.74, 6) is -1.49. The summed E-state index contributed by atoms with van der Waals surface area (Å²) < 4.78 is 1.99.